The summed E-state index contributed by atoms with van der Waals surface area (Å²) in [6, 6.07) is 7.62. The molecule has 1 fully saturated rings. The van der Waals surface area contributed by atoms with E-state index in [-0.39, 0.29) is 5.97 Å². The molecule has 19 heavy (non-hydrogen) atoms. The van der Waals surface area contributed by atoms with Gasteiger partial charge in [-0.05, 0) is 36.8 Å². The van der Waals surface area contributed by atoms with Crippen molar-refractivity contribution in [1.29, 1.82) is 0 Å². The molecule has 2 atom stereocenters. The first-order valence-corrected chi connectivity index (χ1v) is 6.53. The van der Waals surface area contributed by atoms with Crippen LogP contribution in [0.4, 0.5) is 0 Å². The lowest BCUT2D eigenvalue weighted by atomic mass is 9.91. The molecule has 0 spiro atoms. The van der Waals surface area contributed by atoms with Crippen LogP contribution in [0.15, 0.2) is 24.3 Å². The zero-order chi connectivity index (χ0) is 13.8. The van der Waals surface area contributed by atoms with Crippen LogP contribution in [0.25, 0.3) is 0 Å². The molecule has 1 saturated heterocycles. The van der Waals surface area contributed by atoms with Gasteiger partial charge in [0.05, 0.1) is 12.5 Å². The lowest BCUT2D eigenvalue weighted by Crippen LogP contribution is -2.22. The second-order valence-electron chi connectivity index (χ2n) is 5.08. The molecule has 1 heterocycles. The first-order valence-electron chi connectivity index (χ1n) is 6.53. The van der Waals surface area contributed by atoms with Crippen LogP contribution in [0.5, 0.6) is 0 Å². The highest BCUT2D eigenvalue weighted by molar-refractivity contribution is 5.75. The smallest absolute Gasteiger partial charge is 0.310 e. The van der Waals surface area contributed by atoms with Crippen LogP contribution < -0.4 is 0 Å². The van der Waals surface area contributed by atoms with Gasteiger partial charge in [0.1, 0.15) is 0 Å². The Labute approximate surface area is 112 Å². The first kappa shape index (κ1) is 13.6. The predicted molar refractivity (Wildman–Crippen MR) is 69.9 cm³/mol. The summed E-state index contributed by atoms with van der Waals surface area (Å²) in [5, 5.41) is 8.94. The Morgan fingerprint density at radius 1 is 1.42 bits per heavy atom. The number of benzene rings is 1. The van der Waals surface area contributed by atoms with Gasteiger partial charge in [-0.1, -0.05) is 24.3 Å². The minimum atomic E-state index is -0.817. The van der Waals surface area contributed by atoms with Crippen molar-refractivity contribution >= 4 is 11.9 Å². The van der Waals surface area contributed by atoms with Crippen LogP contribution in [0.2, 0.25) is 0 Å². The van der Waals surface area contributed by atoms with Crippen LogP contribution in [-0.4, -0.2) is 23.7 Å². The highest BCUT2D eigenvalue weighted by Gasteiger charge is 2.21. The SMILES string of the molecule is CC(C(=O)O)c1ccc(CC2CCOC(=O)C2)cc1. The van der Waals surface area contributed by atoms with Crippen molar-refractivity contribution in [3.05, 3.63) is 35.4 Å². The quantitative estimate of drug-likeness (QED) is 0.846. The summed E-state index contributed by atoms with van der Waals surface area (Å²) in [6.07, 6.45) is 2.23. The molecule has 1 aliphatic rings. The Kier molecular flexibility index (Phi) is 4.20. The third-order valence-corrected chi connectivity index (χ3v) is 3.62. The molecular formula is C15H18O4. The summed E-state index contributed by atoms with van der Waals surface area (Å²) in [5.41, 5.74) is 1.94. The third-order valence-electron chi connectivity index (χ3n) is 3.62. The van der Waals surface area contributed by atoms with E-state index in [1.807, 2.05) is 24.3 Å². The molecule has 1 N–H and O–H groups in total. The van der Waals surface area contributed by atoms with Gasteiger partial charge in [0.15, 0.2) is 0 Å². The standard InChI is InChI=1S/C15H18O4/c1-10(15(17)18)13-4-2-11(3-5-13)8-12-6-7-19-14(16)9-12/h2-5,10,12H,6-9H2,1H3,(H,17,18). The molecule has 0 saturated carbocycles. The van der Waals surface area contributed by atoms with Gasteiger partial charge < -0.3 is 9.84 Å². The van der Waals surface area contributed by atoms with Crippen LogP contribution in [-0.2, 0) is 20.7 Å². The van der Waals surface area contributed by atoms with Gasteiger partial charge in [-0.2, -0.15) is 0 Å². The highest BCUT2D eigenvalue weighted by atomic mass is 16.5. The largest absolute Gasteiger partial charge is 0.481 e. The van der Waals surface area contributed by atoms with Gasteiger partial charge in [0.2, 0.25) is 0 Å². The Morgan fingerprint density at radius 2 is 2.11 bits per heavy atom. The van der Waals surface area contributed by atoms with Gasteiger partial charge >= 0.3 is 11.9 Å². The number of esters is 1. The molecule has 4 heteroatoms. The second kappa shape index (κ2) is 5.87. The van der Waals surface area contributed by atoms with E-state index < -0.39 is 11.9 Å². The Balaban J connectivity index is 1.98. The molecule has 1 aliphatic heterocycles. The summed E-state index contributed by atoms with van der Waals surface area (Å²) < 4.78 is 4.92. The molecule has 0 amide bonds. The summed E-state index contributed by atoms with van der Waals surface area (Å²) in [4.78, 5) is 22.1. The van der Waals surface area contributed by atoms with E-state index in [0.29, 0.717) is 18.9 Å². The summed E-state index contributed by atoms with van der Waals surface area (Å²) in [6.45, 7) is 2.19. The molecule has 1 aromatic carbocycles. The molecule has 4 nitrogen and oxygen atoms in total. The van der Waals surface area contributed by atoms with Gasteiger partial charge in [0, 0.05) is 6.42 Å². The van der Waals surface area contributed by atoms with E-state index >= 15 is 0 Å². The van der Waals surface area contributed by atoms with Crippen molar-refractivity contribution < 1.29 is 19.4 Å². The highest BCUT2D eigenvalue weighted by Crippen LogP contribution is 2.22. The molecular weight excluding hydrogens is 244 g/mol. The maximum Gasteiger partial charge on any atom is 0.310 e. The summed E-state index contributed by atoms with van der Waals surface area (Å²) in [5.74, 6) is -1.09. The molecule has 2 rings (SSSR count). The Hall–Kier alpha value is -1.84. The number of ether oxygens (including phenoxy) is 1. The van der Waals surface area contributed by atoms with Crippen molar-refractivity contribution in [3.8, 4) is 0 Å². The normalized spacial score (nSPS) is 20.7. The number of carbonyl (C=O) groups excluding carboxylic acids is 1. The molecule has 102 valence electrons. The topological polar surface area (TPSA) is 63.6 Å². The number of carboxylic acid groups (broad SMARTS) is 1. The first-order chi connectivity index (χ1) is 9.06. The Bertz CT molecular complexity index is 464. The van der Waals surface area contributed by atoms with Crippen molar-refractivity contribution in [2.45, 2.75) is 32.1 Å². The second-order valence-corrected chi connectivity index (χ2v) is 5.08. The van der Waals surface area contributed by atoms with E-state index in [2.05, 4.69) is 0 Å². The fraction of sp³-hybridized carbons (Fsp3) is 0.467. The van der Waals surface area contributed by atoms with Crippen molar-refractivity contribution in [3.63, 3.8) is 0 Å². The number of rotatable bonds is 4. The van der Waals surface area contributed by atoms with Gasteiger partial charge in [-0.25, -0.2) is 0 Å². The predicted octanol–water partition coefficient (Wildman–Crippen LogP) is 2.37. The van der Waals surface area contributed by atoms with Crippen LogP contribution in [0, 0.1) is 5.92 Å². The van der Waals surface area contributed by atoms with E-state index in [0.717, 1.165) is 24.0 Å². The fourth-order valence-corrected chi connectivity index (χ4v) is 2.33. The minimum Gasteiger partial charge on any atom is -0.481 e. The minimum absolute atomic E-state index is 0.118. The lowest BCUT2D eigenvalue weighted by molar-refractivity contribution is -0.149. The average Bonchev–Trinajstić information content (AvgIpc) is 2.39. The number of cyclic esters (lactones) is 1. The molecule has 2 unspecified atom stereocenters. The van der Waals surface area contributed by atoms with E-state index in [9.17, 15) is 9.59 Å². The number of carbonyl (C=O) groups is 2. The molecule has 0 aliphatic carbocycles. The Morgan fingerprint density at radius 3 is 2.68 bits per heavy atom. The number of carboxylic acids is 1. The van der Waals surface area contributed by atoms with E-state index in [1.165, 1.54) is 0 Å². The third kappa shape index (κ3) is 3.56. The van der Waals surface area contributed by atoms with Crippen molar-refractivity contribution in [2.24, 2.45) is 5.92 Å². The van der Waals surface area contributed by atoms with E-state index in [1.54, 1.807) is 6.92 Å². The fourth-order valence-electron chi connectivity index (χ4n) is 2.33. The molecule has 0 aromatic heterocycles. The van der Waals surface area contributed by atoms with Crippen LogP contribution in [0.1, 0.15) is 36.8 Å². The monoisotopic (exact) mass is 262 g/mol. The van der Waals surface area contributed by atoms with Crippen LogP contribution >= 0.6 is 0 Å². The van der Waals surface area contributed by atoms with Gasteiger partial charge in [-0.3, -0.25) is 9.59 Å². The average molecular weight is 262 g/mol. The number of hydrogen-bond donors (Lipinski definition) is 1. The zero-order valence-electron chi connectivity index (χ0n) is 11.0. The van der Waals surface area contributed by atoms with Crippen LogP contribution in [0.3, 0.4) is 0 Å². The lowest BCUT2D eigenvalue weighted by Gasteiger charge is -2.21. The van der Waals surface area contributed by atoms with Gasteiger partial charge in [0.25, 0.3) is 0 Å². The molecule has 0 bridgehead atoms. The van der Waals surface area contributed by atoms with Crippen molar-refractivity contribution in [2.75, 3.05) is 6.61 Å². The van der Waals surface area contributed by atoms with E-state index in [4.69, 9.17) is 9.84 Å². The molecule has 0 radical (unpaired) electrons. The van der Waals surface area contributed by atoms with Gasteiger partial charge in [-0.15, -0.1) is 0 Å². The summed E-state index contributed by atoms with van der Waals surface area (Å²) in [7, 11) is 0. The van der Waals surface area contributed by atoms with Crippen molar-refractivity contribution in [1.82, 2.24) is 0 Å². The maximum atomic E-state index is 11.2. The molecule has 1 aromatic rings. The number of aliphatic carboxylic acids is 1. The number of hydrogen-bond acceptors (Lipinski definition) is 3. The maximum absolute atomic E-state index is 11.2. The summed E-state index contributed by atoms with van der Waals surface area (Å²) >= 11 is 0. The zero-order valence-corrected chi connectivity index (χ0v) is 11.0.